The molecule has 3 nitrogen and oxygen atoms in total. The van der Waals surface area contributed by atoms with E-state index in [1.807, 2.05) is 0 Å². The van der Waals surface area contributed by atoms with Gasteiger partial charge in [0.2, 0.25) is 5.91 Å². The zero-order valence-corrected chi connectivity index (χ0v) is 12.7. The standard InChI is InChI=1S/C15H24N2OS/c1-4-7-8-15(18)16-11-14(17(5-2)6-3)13-9-10-19-12-13/h4,9-10,12,14H,1,5-8,11H2,2-3H3,(H,16,18)/t14-/m1/s1. The van der Waals surface area contributed by atoms with Crippen LogP contribution in [0.5, 0.6) is 0 Å². The lowest BCUT2D eigenvalue weighted by Gasteiger charge is -2.29. The summed E-state index contributed by atoms with van der Waals surface area (Å²) in [5.74, 6) is 0.104. The summed E-state index contributed by atoms with van der Waals surface area (Å²) in [5.41, 5.74) is 1.29. The van der Waals surface area contributed by atoms with Gasteiger partial charge in [0.1, 0.15) is 0 Å². The Hall–Kier alpha value is -1.13. The predicted molar refractivity (Wildman–Crippen MR) is 82.4 cm³/mol. The highest BCUT2D eigenvalue weighted by atomic mass is 32.1. The zero-order valence-electron chi connectivity index (χ0n) is 11.9. The van der Waals surface area contributed by atoms with Gasteiger partial charge >= 0.3 is 0 Å². The van der Waals surface area contributed by atoms with Crippen molar-refractivity contribution in [3.63, 3.8) is 0 Å². The second-order valence-electron chi connectivity index (χ2n) is 4.43. The van der Waals surface area contributed by atoms with Crippen LogP contribution in [0.1, 0.15) is 38.3 Å². The molecule has 4 heteroatoms. The fourth-order valence-corrected chi connectivity index (χ4v) is 2.83. The van der Waals surface area contributed by atoms with Crippen molar-refractivity contribution < 1.29 is 4.79 Å². The van der Waals surface area contributed by atoms with Crippen LogP contribution in [0.4, 0.5) is 0 Å². The van der Waals surface area contributed by atoms with E-state index in [-0.39, 0.29) is 11.9 Å². The first-order chi connectivity index (χ1) is 9.22. The summed E-state index contributed by atoms with van der Waals surface area (Å²) in [6, 6.07) is 2.41. The van der Waals surface area contributed by atoms with Gasteiger partial charge in [0.25, 0.3) is 0 Å². The van der Waals surface area contributed by atoms with Crippen molar-refractivity contribution in [2.75, 3.05) is 19.6 Å². The first-order valence-electron chi connectivity index (χ1n) is 6.86. The molecule has 106 valence electrons. The van der Waals surface area contributed by atoms with E-state index in [0.29, 0.717) is 13.0 Å². The van der Waals surface area contributed by atoms with E-state index in [4.69, 9.17) is 0 Å². The summed E-state index contributed by atoms with van der Waals surface area (Å²) in [5, 5.41) is 7.29. The van der Waals surface area contributed by atoms with E-state index in [2.05, 4.69) is 47.5 Å². The van der Waals surface area contributed by atoms with Crippen LogP contribution in [-0.2, 0) is 4.79 Å². The number of allylic oxidation sites excluding steroid dienone is 1. The number of carbonyl (C=O) groups is 1. The van der Waals surface area contributed by atoms with Crippen molar-refractivity contribution in [1.82, 2.24) is 10.2 Å². The molecule has 0 radical (unpaired) electrons. The molecule has 0 saturated heterocycles. The Morgan fingerprint density at radius 2 is 2.26 bits per heavy atom. The Bertz CT molecular complexity index is 372. The van der Waals surface area contributed by atoms with Gasteiger partial charge in [-0.3, -0.25) is 9.69 Å². The lowest BCUT2D eigenvalue weighted by molar-refractivity contribution is -0.121. The lowest BCUT2D eigenvalue weighted by atomic mass is 10.1. The fourth-order valence-electron chi connectivity index (χ4n) is 2.12. The molecule has 0 bridgehead atoms. The normalized spacial score (nSPS) is 12.4. The molecule has 0 aliphatic rings. The highest BCUT2D eigenvalue weighted by Crippen LogP contribution is 2.22. The van der Waals surface area contributed by atoms with Crippen LogP contribution in [0, 0.1) is 0 Å². The Kier molecular flexibility index (Phi) is 7.45. The molecule has 0 fully saturated rings. The predicted octanol–water partition coefficient (Wildman–Crippen LogP) is 3.21. The van der Waals surface area contributed by atoms with Crippen LogP contribution in [0.2, 0.25) is 0 Å². The van der Waals surface area contributed by atoms with E-state index in [9.17, 15) is 4.79 Å². The van der Waals surface area contributed by atoms with Crippen molar-refractivity contribution in [2.45, 2.75) is 32.7 Å². The lowest BCUT2D eigenvalue weighted by Crippen LogP contribution is -2.37. The summed E-state index contributed by atoms with van der Waals surface area (Å²) in [6.45, 7) is 10.6. The van der Waals surface area contributed by atoms with Gasteiger partial charge in [-0.1, -0.05) is 19.9 Å². The number of nitrogens with zero attached hydrogens (tertiary/aromatic N) is 1. The van der Waals surface area contributed by atoms with Gasteiger partial charge in [-0.2, -0.15) is 11.3 Å². The molecule has 0 aliphatic heterocycles. The summed E-state index contributed by atoms with van der Waals surface area (Å²) in [7, 11) is 0. The van der Waals surface area contributed by atoms with Crippen LogP contribution in [-0.4, -0.2) is 30.4 Å². The molecule has 0 saturated carbocycles. The SMILES string of the molecule is C=CCCC(=O)NC[C@H](c1ccsc1)N(CC)CC. The number of carbonyl (C=O) groups excluding carboxylic acids is 1. The minimum absolute atomic E-state index is 0.104. The number of likely N-dealkylation sites (N-methyl/N-ethyl adjacent to an activating group) is 1. The maximum Gasteiger partial charge on any atom is 0.220 e. The highest BCUT2D eigenvalue weighted by molar-refractivity contribution is 7.07. The first-order valence-corrected chi connectivity index (χ1v) is 7.80. The Balaban J connectivity index is 2.60. The smallest absolute Gasteiger partial charge is 0.220 e. The van der Waals surface area contributed by atoms with Gasteiger partial charge < -0.3 is 5.32 Å². The molecule has 0 aromatic carbocycles. The van der Waals surface area contributed by atoms with Crippen LogP contribution in [0.25, 0.3) is 0 Å². The van der Waals surface area contributed by atoms with Gasteiger partial charge in [-0.25, -0.2) is 0 Å². The van der Waals surface area contributed by atoms with Crippen molar-refractivity contribution in [3.8, 4) is 0 Å². The third-order valence-corrected chi connectivity index (χ3v) is 3.95. The number of amides is 1. The maximum absolute atomic E-state index is 11.7. The van der Waals surface area contributed by atoms with Crippen LogP contribution >= 0.6 is 11.3 Å². The van der Waals surface area contributed by atoms with Crippen molar-refractivity contribution in [2.24, 2.45) is 0 Å². The molecule has 0 spiro atoms. The molecule has 1 amide bonds. The van der Waals surface area contributed by atoms with E-state index >= 15 is 0 Å². The highest BCUT2D eigenvalue weighted by Gasteiger charge is 2.18. The topological polar surface area (TPSA) is 32.3 Å². The zero-order chi connectivity index (χ0) is 14.1. The third kappa shape index (κ3) is 5.17. The number of thiophene rings is 1. The Morgan fingerprint density at radius 1 is 1.53 bits per heavy atom. The minimum atomic E-state index is 0.104. The van der Waals surface area contributed by atoms with Gasteiger partial charge in [0.05, 0.1) is 6.04 Å². The molecule has 1 N–H and O–H groups in total. The maximum atomic E-state index is 11.7. The Labute approximate surface area is 120 Å². The fraction of sp³-hybridized carbons (Fsp3) is 0.533. The van der Waals surface area contributed by atoms with Gasteiger partial charge in [0, 0.05) is 13.0 Å². The third-order valence-electron chi connectivity index (χ3n) is 3.25. The van der Waals surface area contributed by atoms with Gasteiger partial charge in [0.15, 0.2) is 0 Å². The largest absolute Gasteiger partial charge is 0.354 e. The summed E-state index contributed by atoms with van der Waals surface area (Å²) >= 11 is 1.70. The first kappa shape index (κ1) is 15.9. The summed E-state index contributed by atoms with van der Waals surface area (Å²) in [4.78, 5) is 14.1. The van der Waals surface area contributed by atoms with E-state index in [1.165, 1.54) is 5.56 Å². The number of nitrogens with one attached hydrogen (secondary N) is 1. The van der Waals surface area contributed by atoms with E-state index < -0.39 is 0 Å². The molecule has 0 unspecified atom stereocenters. The second-order valence-corrected chi connectivity index (χ2v) is 5.21. The molecule has 19 heavy (non-hydrogen) atoms. The number of rotatable bonds is 9. The molecule has 1 atom stereocenters. The molecule has 1 rings (SSSR count). The summed E-state index contributed by atoms with van der Waals surface area (Å²) < 4.78 is 0. The van der Waals surface area contributed by atoms with Crippen molar-refractivity contribution in [3.05, 3.63) is 35.0 Å². The molecule has 1 aromatic rings. The molecule has 1 heterocycles. The van der Waals surface area contributed by atoms with Crippen LogP contribution in [0.15, 0.2) is 29.5 Å². The van der Waals surface area contributed by atoms with E-state index in [1.54, 1.807) is 17.4 Å². The number of hydrogen-bond acceptors (Lipinski definition) is 3. The molecular weight excluding hydrogens is 256 g/mol. The Morgan fingerprint density at radius 3 is 2.79 bits per heavy atom. The van der Waals surface area contributed by atoms with Crippen LogP contribution < -0.4 is 5.32 Å². The van der Waals surface area contributed by atoms with Gasteiger partial charge in [-0.15, -0.1) is 6.58 Å². The average Bonchev–Trinajstić information content (AvgIpc) is 2.94. The molecule has 0 aliphatic carbocycles. The van der Waals surface area contributed by atoms with E-state index in [0.717, 1.165) is 19.5 Å². The monoisotopic (exact) mass is 280 g/mol. The van der Waals surface area contributed by atoms with Crippen LogP contribution in [0.3, 0.4) is 0 Å². The second kappa shape index (κ2) is 8.88. The van der Waals surface area contributed by atoms with Gasteiger partial charge in [-0.05, 0) is 41.9 Å². The summed E-state index contributed by atoms with van der Waals surface area (Å²) in [6.07, 6.45) is 3.04. The van der Waals surface area contributed by atoms with Crippen molar-refractivity contribution in [1.29, 1.82) is 0 Å². The molecule has 1 aromatic heterocycles. The number of hydrogen-bond donors (Lipinski definition) is 1. The average molecular weight is 280 g/mol. The minimum Gasteiger partial charge on any atom is -0.354 e. The molecular formula is C15H24N2OS. The van der Waals surface area contributed by atoms with Crippen molar-refractivity contribution >= 4 is 17.2 Å². The quantitative estimate of drug-likeness (QED) is 0.704.